The van der Waals surface area contributed by atoms with Gasteiger partial charge in [-0.3, -0.25) is 4.90 Å². The van der Waals surface area contributed by atoms with Crippen molar-refractivity contribution in [3.05, 3.63) is 29.8 Å². The monoisotopic (exact) mass is 330 g/mol. The van der Waals surface area contributed by atoms with Gasteiger partial charge in [0.05, 0.1) is 6.61 Å². The van der Waals surface area contributed by atoms with Crippen LogP contribution >= 0.6 is 0 Å². The van der Waals surface area contributed by atoms with Gasteiger partial charge < -0.3 is 20.5 Å². The molecular weight excluding hydrogens is 303 g/mol. The Hall–Kier alpha value is -1.34. The number of nitrogen functional groups attached to an aromatic ring is 1. The molecule has 1 unspecified atom stereocenters. The summed E-state index contributed by atoms with van der Waals surface area (Å²) < 4.78 is 5.58. The summed E-state index contributed by atoms with van der Waals surface area (Å²) in [5.41, 5.74) is 9.14. The van der Waals surface area contributed by atoms with E-state index in [-0.39, 0.29) is 5.54 Å². The van der Waals surface area contributed by atoms with Crippen LogP contribution in [0.15, 0.2) is 18.7 Å². The summed E-state index contributed by atoms with van der Waals surface area (Å²) >= 11 is 0. The second-order valence-corrected chi connectivity index (χ2v) is 7.25. The van der Waals surface area contributed by atoms with Crippen LogP contribution in [-0.4, -0.2) is 53.9 Å². The molecule has 5 nitrogen and oxygen atoms in total. The first-order chi connectivity index (χ1) is 11.4. The van der Waals surface area contributed by atoms with Crippen molar-refractivity contribution in [3.8, 4) is 0 Å². The Kier molecular flexibility index (Phi) is 5.01. The maximum atomic E-state index is 9.77. The number of hydrogen-bond donors (Lipinski definition) is 3. The fourth-order valence-electron chi connectivity index (χ4n) is 4.06. The van der Waals surface area contributed by atoms with E-state index in [1.54, 1.807) is 12.1 Å². The van der Waals surface area contributed by atoms with Crippen LogP contribution in [-0.2, 0) is 4.74 Å². The van der Waals surface area contributed by atoms with Gasteiger partial charge in [0.25, 0.3) is 0 Å². The van der Waals surface area contributed by atoms with Crippen LogP contribution in [0.4, 0.5) is 5.69 Å². The predicted octanol–water partition coefficient (Wildman–Crippen LogP) is 0.950. The molecule has 0 amide bonds. The third kappa shape index (κ3) is 3.24. The smallest absolute Gasteiger partial charge is 0.423 e. The number of anilines is 1. The van der Waals surface area contributed by atoms with Gasteiger partial charge in [-0.2, -0.15) is 0 Å². The van der Waals surface area contributed by atoms with Crippen molar-refractivity contribution in [3.63, 3.8) is 0 Å². The highest BCUT2D eigenvalue weighted by Crippen LogP contribution is 2.34. The maximum absolute atomic E-state index is 9.77. The Balaban J connectivity index is 1.78. The van der Waals surface area contributed by atoms with Gasteiger partial charge in [-0.05, 0) is 67.8 Å². The summed E-state index contributed by atoms with van der Waals surface area (Å²) in [5, 5.41) is 19.5. The molecule has 1 atom stereocenters. The minimum absolute atomic E-state index is 0.149. The highest BCUT2D eigenvalue weighted by Gasteiger charge is 2.38. The van der Waals surface area contributed by atoms with E-state index in [0.717, 1.165) is 56.7 Å². The van der Waals surface area contributed by atoms with Crippen LogP contribution in [0.1, 0.15) is 43.2 Å². The molecule has 3 rings (SSSR count). The topological polar surface area (TPSA) is 79.0 Å². The molecule has 2 heterocycles. The maximum Gasteiger partial charge on any atom is 0.488 e. The van der Waals surface area contributed by atoms with Gasteiger partial charge in [0.1, 0.15) is 0 Å². The van der Waals surface area contributed by atoms with Crippen LogP contribution in [0.2, 0.25) is 0 Å². The molecule has 0 aromatic heterocycles. The SMILES string of the molecule is C=Cc1cc(B(O)O)c(C2CCN(C3(C)CCOC3)CC2)cc1N. The average Bonchev–Trinajstić information content (AvgIpc) is 3.02. The molecule has 0 saturated carbocycles. The molecule has 2 aliphatic rings. The van der Waals surface area contributed by atoms with Crippen molar-refractivity contribution < 1.29 is 14.8 Å². The lowest BCUT2D eigenvalue weighted by atomic mass is 9.71. The van der Waals surface area contributed by atoms with E-state index >= 15 is 0 Å². The molecule has 0 radical (unpaired) electrons. The molecular formula is C18H27BN2O3. The van der Waals surface area contributed by atoms with Crippen molar-refractivity contribution in [1.82, 2.24) is 4.90 Å². The highest BCUT2D eigenvalue weighted by molar-refractivity contribution is 6.59. The zero-order valence-electron chi connectivity index (χ0n) is 14.4. The minimum atomic E-state index is -1.49. The Bertz CT molecular complexity index is 607. The number of benzene rings is 1. The highest BCUT2D eigenvalue weighted by atomic mass is 16.5. The second kappa shape index (κ2) is 6.88. The Morgan fingerprint density at radius 1 is 1.38 bits per heavy atom. The zero-order chi connectivity index (χ0) is 17.3. The molecule has 0 spiro atoms. The van der Waals surface area contributed by atoms with Crippen molar-refractivity contribution in [2.45, 2.75) is 37.6 Å². The quantitative estimate of drug-likeness (QED) is 0.566. The molecule has 4 N–H and O–H groups in total. The van der Waals surface area contributed by atoms with E-state index in [9.17, 15) is 10.0 Å². The number of ether oxygens (including phenoxy) is 1. The number of likely N-dealkylation sites (tertiary alicyclic amines) is 1. The van der Waals surface area contributed by atoms with Gasteiger partial charge in [0, 0.05) is 17.8 Å². The summed E-state index contributed by atoms with van der Waals surface area (Å²) in [6.45, 7) is 9.65. The number of nitrogens with zero attached hydrogens (tertiary/aromatic N) is 1. The first kappa shape index (κ1) is 17.5. The van der Waals surface area contributed by atoms with Gasteiger partial charge in [-0.25, -0.2) is 0 Å². The van der Waals surface area contributed by atoms with Gasteiger partial charge in [0.15, 0.2) is 0 Å². The second-order valence-electron chi connectivity index (χ2n) is 7.25. The van der Waals surface area contributed by atoms with Gasteiger partial charge in [0.2, 0.25) is 0 Å². The lowest BCUT2D eigenvalue weighted by molar-refractivity contribution is 0.0582. The summed E-state index contributed by atoms with van der Waals surface area (Å²) in [5.74, 6) is 0.296. The van der Waals surface area contributed by atoms with Crippen LogP contribution in [0.5, 0.6) is 0 Å². The third-order valence-corrected chi connectivity index (χ3v) is 5.68. The lowest BCUT2D eigenvalue weighted by Gasteiger charge is -2.42. The molecule has 24 heavy (non-hydrogen) atoms. The van der Waals surface area contributed by atoms with E-state index in [0.29, 0.717) is 17.1 Å². The van der Waals surface area contributed by atoms with E-state index in [1.807, 2.05) is 6.07 Å². The number of piperidine rings is 1. The Labute approximate surface area is 144 Å². The molecule has 2 saturated heterocycles. The van der Waals surface area contributed by atoms with Gasteiger partial charge in [-0.15, -0.1) is 0 Å². The van der Waals surface area contributed by atoms with Crippen LogP contribution in [0.3, 0.4) is 0 Å². The van der Waals surface area contributed by atoms with Gasteiger partial charge >= 0.3 is 7.12 Å². The molecule has 0 aliphatic carbocycles. The first-order valence-corrected chi connectivity index (χ1v) is 8.69. The largest absolute Gasteiger partial charge is 0.488 e. The minimum Gasteiger partial charge on any atom is -0.423 e. The normalized spacial score (nSPS) is 25.8. The molecule has 0 bridgehead atoms. The Morgan fingerprint density at radius 3 is 2.62 bits per heavy atom. The van der Waals surface area contributed by atoms with Crippen molar-refractivity contribution in [2.75, 3.05) is 32.0 Å². The summed E-state index contributed by atoms with van der Waals surface area (Å²) in [7, 11) is -1.49. The number of rotatable bonds is 4. The summed E-state index contributed by atoms with van der Waals surface area (Å²) in [6, 6.07) is 3.65. The third-order valence-electron chi connectivity index (χ3n) is 5.68. The first-order valence-electron chi connectivity index (χ1n) is 8.69. The zero-order valence-corrected chi connectivity index (χ0v) is 14.4. The molecule has 1 aromatic rings. The van der Waals surface area contributed by atoms with E-state index < -0.39 is 7.12 Å². The van der Waals surface area contributed by atoms with Crippen LogP contribution in [0, 0.1) is 0 Å². The molecule has 130 valence electrons. The summed E-state index contributed by atoms with van der Waals surface area (Å²) in [4.78, 5) is 2.52. The standard InChI is InChI=1S/C18H27BN2O3/c1-3-13-10-16(19(22)23)15(11-17(13)20)14-4-7-21(8-5-14)18(2)6-9-24-12-18/h3,10-11,14,22-23H,1,4-9,12,20H2,2H3. The van der Waals surface area contributed by atoms with Crippen LogP contribution in [0.25, 0.3) is 6.08 Å². The van der Waals surface area contributed by atoms with E-state index in [4.69, 9.17) is 10.5 Å². The number of nitrogens with two attached hydrogens (primary N) is 1. The predicted molar refractivity (Wildman–Crippen MR) is 98.2 cm³/mol. The fraction of sp³-hybridized carbons (Fsp3) is 0.556. The van der Waals surface area contributed by atoms with Crippen molar-refractivity contribution in [1.29, 1.82) is 0 Å². The summed E-state index contributed by atoms with van der Waals surface area (Å²) in [6.07, 6.45) is 4.71. The van der Waals surface area contributed by atoms with E-state index in [1.165, 1.54) is 0 Å². The van der Waals surface area contributed by atoms with Crippen LogP contribution < -0.4 is 11.2 Å². The van der Waals surface area contributed by atoms with Crippen molar-refractivity contribution >= 4 is 24.3 Å². The fourth-order valence-corrected chi connectivity index (χ4v) is 4.06. The molecule has 2 fully saturated rings. The lowest BCUT2D eigenvalue weighted by Crippen LogP contribution is -2.50. The molecule has 1 aromatic carbocycles. The van der Waals surface area contributed by atoms with E-state index in [2.05, 4.69) is 18.4 Å². The molecule has 6 heteroatoms. The number of hydrogen-bond acceptors (Lipinski definition) is 5. The van der Waals surface area contributed by atoms with Crippen molar-refractivity contribution in [2.24, 2.45) is 0 Å². The van der Waals surface area contributed by atoms with Gasteiger partial charge in [-0.1, -0.05) is 18.7 Å². The Morgan fingerprint density at radius 2 is 2.08 bits per heavy atom. The molecule has 2 aliphatic heterocycles. The average molecular weight is 330 g/mol.